The van der Waals surface area contributed by atoms with Crippen LogP contribution in [0.25, 0.3) is 0 Å². The number of aryl methyl sites for hydroxylation is 2. The number of methoxy groups -OCH3 is 2. The van der Waals surface area contributed by atoms with Crippen LogP contribution in [-0.2, 0) is 16.6 Å². The number of hydrogen-bond donors (Lipinski definition) is 1. The van der Waals surface area contributed by atoms with Gasteiger partial charge in [-0.2, -0.15) is 18.4 Å². The highest BCUT2D eigenvalue weighted by molar-refractivity contribution is 7.89. The van der Waals surface area contributed by atoms with Gasteiger partial charge in [0.1, 0.15) is 17.3 Å². The molecule has 0 bridgehead atoms. The van der Waals surface area contributed by atoms with Crippen LogP contribution < -0.4 is 19.0 Å². The van der Waals surface area contributed by atoms with Gasteiger partial charge in [-0.1, -0.05) is 35.9 Å². The van der Waals surface area contributed by atoms with Crippen molar-refractivity contribution in [1.82, 2.24) is 4.83 Å². The number of rotatable bonds is 9. The highest BCUT2D eigenvalue weighted by Gasteiger charge is 2.19. The molecule has 3 rings (SSSR count). The van der Waals surface area contributed by atoms with Crippen molar-refractivity contribution in [3.8, 4) is 17.2 Å². The van der Waals surface area contributed by atoms with E-state index in [1.54, 1.807) is 44.4 Å². The van der Waals surface area contributed by atoms with Crippen LogP contribution in [0.2, 0.25) is 0 Å². The van der Waals surface area contributed by atoms with Crippen LogP contribution >= 0.6 is 0 Å². The van der Waals surface area contributed by atoms with E-state index in [1.807, 2.05) is 31.2 Å². The Balaban J connectivity index is 1.75. The summed E-state index contributed by atoms with van der Waals surface area (Å²) in [4.78, 5) is 2.25. The summed E-state index contributed by atoms with van der Waals surface area (Å²) in [5, 5.41) is 3.90. The van der Waals surface area contributed by atoms with E-state index in [4.69, 9.17) is 14.2 Å². The molecule has 32 heavy (non-hydrogen) atoms. The van der Waals surface area contributed by atoms with Gasteiger partial charge >= 0.3 is 0 Å². The number of hydrogen-bond acceptors (Lipinski definition) is 6. The number of hydrazone groups is 1. The highest BCUT2D eigenvalue weighted by atomic mass is 32.2. The molecule has 0 aromatic heterocycles. The van der Waals surface area contributed by atoms with Crippen molar-refractivity contribution < 1.29 is 22.6 Å². The second-order valence-electron chi connectivity index (χ2n) is 7.19. The number of nitrogens with one attached hydrogen (secondary N) is 1. The van der Waals surface area contributed by atoms with E-state index in [2.05, 4.69) is 9.93 Å². The fourth-order valence-corrected chi connectivity index (χ4v) is 3.99. The molecular weight excluding hydrogens is 428 g/mol. The summed E-state index contributed by atoms with van der Waals surface area (Å²) < 4.78 is 41.8. The standard InChI is InChI=1S/C24H26N2O5S/c1-17-5-8-19(9-6-17)16-31-23-14-20(10-12-21(23)29-3)15-25-26-32(27,28)24-13-18(2)7-11-22(24)30-4/h5-15,26H,16H2,1-4H3/b25-15+. The third kappa shape index (κ3) is 5.79. The van der Waals surface area contributed by atoms with Gasteiger partial charge in [0, 0.05) is 0 Å². The molecule has 0 aliphatic carbocycles. The zero-order valence-corrected chi connectivity index (χ0v) is 19.3. The normalized spacial score (nSPS) is 11.4. The maximum Gasteiger partial charge on any atom is 0.280 e. The van der Waals surface area contributed by atoms with E-state index in [0.29, 0.717) is 23.7 Å². The van der Waals surface area contributed by atoms with E-state index in [0.717, 1.165) is 11.1 Å². The van der Waals surface area contributed by atoms with Crippen molar-refractivity contribution in [2.24, 2.45) is 5.10 Å². The van der Waals surface area contributed by atoms with E-state index in [-0.39, 0.29) is 10.6 Å². The summed E-state index contributed by atoms with van der Waals surface area (Å²) in [5.41, 5.74) is 3.64. The van der Waals surface area contributed by atoms with Gasteiger partial charge < -0.3 is 14.2 Å². The molecule has 8 heteroatoms. The van der Waals surface area contributed by atoms with Gasteiger partial charge in [0.25, 0.3) is 10.0 Å². The monoisotopic (exact) mass is 454 g/mol. The van der Waals surface area contributed by atoms with Crippen LogP contribution in [0.1, 0.15) is 22.3 Å². The van der Waals surface area contributed by atoms with Gasteiger partial charge in [-0.25, -0.2) is 0 Å². The van der Waals surface area contributed by atoms with E-state index >= 15 is 0 Å². The lowest BCUT2D eigenvalue weighted by atomic mass is 10.1. The van der Waals surface area contributed by atoms with Crippen LogP contribution in [0.3, 0.4) is 0 Å². The second-order valence-corrected chi connectivity index (χ2v) is 8.82. The molecule has 0 spiro atoms. The molecule has 3 aromatic carbocycles. The van der Waals surface area contributed by atoms with Crippen molar-refractivity contribution in [3.05, 3.63) is 82.9 Å². The SMILES string of the molecule is COc1ccc(/C=N/NS(=O)(=O)c2cc(C)ccc2OC)cc1OCc1ccc(C)cc1. The van der Waals surface area contributed by atoms with Crippen molar-refractivity contribution in [3.63, 3.8) is 0 Å². The molecule has 7 nitrogen and oxygen atoms in total. The van der Waals surface area contributed by atoms with Crippen molar-refractivity contribution in [2.45, 2.75) is 25.3 Å². The Morgan fingerprint density at radius 2 is 1.50 bits per heavy atom. The molecule has 0 saturated heterocycles. The predicted molar refractivity (Wildman–Crippen MR) is 124 cm³/mol. The largest absolute Gasteiger partial charge is 0.495 e. The number of benzene rings is 3. The summed E-state index contributed by atoms with van der Waals surface area (Å²) in [7, 11) is -0.917. The fourth-order valence-electron chi connectivity index (χ4n) is 2.95. The zero-order chi connectivity index (χ0) is 23.1. The lowest BCUT2D eigenvalue weighted by molar-refractivity contribution is 0.284. The Morgan fingerprint density at radius 1 is 0.844 bits per heavy atom. The molecule has 0 fully saturated rings. The molecule has 0 aliphatic heterocycles. The Kier molecular flexibility index (Phi) is 7.37. The van der Waals surface area contributed by atoms with Crippen LogP contribution in [0.15, 0.2) is 70.7 Å². The first-order valence-electron chi connectivity index (χ1n) is 9.88. The van der Waals surface area contributed by atoms with Gasteiger partial charge in [-0.3, -0.25) is 0 Å². The van der Waals surface area contributed by atoms with Crippen molar-refractivity contribution in [1.29, 1.82) is 0 Å². The first kappa shape index (κ1) is 23.1. The Labute approximate surface area is 188 Å². The predicted octanol–water partition coefficient (Wildman–Crippen LogP) is 4.21. The van der Waals surface area contributed by atoms with Crippen LogP contribution in [0, 0.1) is 13.8 Å². The topological polar surface area (TPSA) is 86.2 Å². The van der Waals surface area contributed by atoms with Crippen molar-refractivity contribution >= 4 is 16.2 Å². The van der Waals surface area contributed by atoms with Gasteiger partial charge in [-0.05, 0) is 60.9 Å². The van der Waals surface area contributed by atoms with E-state index < -0.39 is 10.0 Å². The van der Waals surface area contributed by atoms with Gasteiger partial charge in [-0.15, -0.1) is 0 Å². The molecule has 3 aromatic rings. The molecule has 0 aliphatic rings. The van der Waals surface area contributed by atoms with Crippen LogP contribution in [-0.4, -0.2) is 28.9 Å². The minimum Gasteiger partial charge on any atom is -0.495 e. The van der Waals surface area contributed by atoms with Gasteiger partial charge in [0.2, 0.25) is 0 Å². The molecular formula is C24H26N2O5S. The number of ether oxygens (including phenoxy) is 3. The Hall–Kier alpha value is -3.52. The lowest BCUT2D eigenvalue weighted by Crippen LogP contribution is -2.19. The van der Waals surface area contributed by atoms with Crippen LogP contribution in [0.5, 0.6) is 17.2 Å². The Morgan fingerprint density at radius 3 is 2.19 bits per heavy atom. The van der Waals surface area contributed by atoms with Crippen molar-refractivity contribution in [2.75, 3.05) is 14.2 Å². The summed E-state index contributed by atoms with van der Waals surface area (Å²) in [6, 6.07) is 18.2. The minimum absolute atomic E-state index is 0.0222. The molecule has 0 amide bonds. The van der Waals surface area contributed by atoms with E-state index in [1.165, 1.54) is 25.0 Å². The van der Waals surface area contributed by atoms with E-state index in [9.17, 15) is 8.42 Å². The average molecular weight is 455 g/mol. The maximum atomic E-state index is 12.7. The first-order valence-corrected chi connectivity index (χ1v) is 11.4. The lowest BCUT2D eigenvalue weighted by Gasteiger charge is -2.12. The summed E-state index contributed by atoms with van der Waals surface area (Å²) >= 11 is 0. The second kappa shape index (κ2) is 10.2. The summed E-state index contributed by atoms with van der Waals surface area (Å²) in [6.07, 6.45) is 1.40. The smallest absolute Gasteiger partial charge is 0.280 e. The van der Waals surface area contributed by atoms with Gasteiger partial charge in [0.05, 0.1) is 20.4 Å². The molecule has 0 atom stereocenters. The molecule has 0 unspecified atom stereocenters. The third-order valence-electron chi connectivity index (χ3n) is 4.70. The number of sulfonamides is 1. The fraction of sp³-hybridized carbons (Fsp3) is 0.208. The summed E-state index contributed by atoms with van der Waals surface area (Å²) in [6.45, 7) is 4.20. The average Bonchev–Trinajstić information content (AvgIpc) is 2.78. The quantitative estimate of drug-likeness (QED) is 0.387. The number of nitrogens with zero attached hydrogens (tertiary/aromatic N) is 1. The van der Waals surface area contributed by atoms with Gasteiger partial charge in [0.15, 0.2) is 11.5 Å². The zero-order valence-electron chi connectivity index (χ0n) is 18.5. The Bertz CT molecular complexity index is 1210. The third-order valence-corrected chi connectivity index (χ3v) is 5.94. The molecule has 0 radical (unpaired) electrons. The minimum atomic E-state index is -3.90. The molecule has 0 heterocycles. The van der Waals surface area contributed by atoms with Crippen LogP contribution in [0.4, 0.5) is 0 Å². The first-order chi connectivity index (χ1) is 15.3. The molecule has 0 saturated carbocycles. The summed E-state index contributed by atoms with van der Waals surface area (Å²) in [5.74, 6) is 1.34. The molecule has 168 valence electrons. The maximum absolute atomic E-state index is 12.7. The highest BCUT2D eigenvalue weighted by Crippen LogP contribution is 2.28. The molecule has 1 N–H and O–H groups in total.